The summed E-state index contributed by atoms with van der Waals surface area (Å²) in [5, 5.41) is 7.68. The lowest BCUT2D eigenvalue weighted by atomic mass is 10.0. The van der Waals surface area contributed by atoms with Gasteiger partial charge in [0.05, 0.1) is 17.4 Å². The summed E-state index contributed by atoms with van der Waals surface area (Å²) in [4.78, 5) is 8.91. The highest BCUT2D eigenvalue weighted by atomic mass is 19.1. The minimum atomic E-state index is -0.237. The first-order valence-corrected chi connectivity index (χ1v) is 7.92. The third-order valence-electron chi connectivity index (χ3n) is 3.93. The van der Waals surface area contributed by atoms with Crippen LogP contribution in [-0.2, 0) is 7.05 Å². The molecule has 24 heavy (non-hydrogen) atoms. The molecule has 0 amide bonds. The maximum absolute atomic E-state index is 13.1. The average Bonchev–Trinajstić information content (AvgIpc) is 2.92. The van der Waals surface area contributed by atoms with Crippen molar-refractivity contribution >= 4 is 5.95 Å². The van der Waals surface area contributed by atoms with Gasteiger partial charge in [0, 0.05) is 25.0 Å². The van der Waals surface area contributed by atoms with E-state index < -0.39 is 0 Å². The van der Waals surface area contributed by atoms with Gasteiger partial charge < -0.3 is 5.32 Å². The van der Waals surface area contributed by atoms with Gasteiger partial charge in [-0.25, -0.2) is 14.4 Å². The average molecular weight is 325 g/mol. The highest BCUT2D eigenvalue weighted by Gasteiger charge is 2.13. The molecule has 1 atom stereocenters. The van der Waals surface area contributed by atoms with E-state index in [1.807, 2.05) is 26.2 Å². The second-order valence-electron chi connectivity index (χ2n) is 5.72. The molecule has 0 aliphatic carbocycles. The van der Waals surface area contributed by atoms with E-state index in [4.69, 9.17) is 0 Å². The van der Waals surface area contributed by atoms with Crippen molar-refractivity contribution in [3.05, 3.63) is 59.8 Å². The van der Waals surface area contributed by atoms with Crippen LogP contribution in [-0.4, -0.2) is 19.7 Å². The molecular weight excluding hydrogens is 305 g/mol. The smallest absolute Gasteiger partial charge is 0.223 e. The lowest BCUT2D eigenvalue weighted by Crippen LogP contribution is -2.12. The molecule has 3 rings (SSSR count). The maximum Gasteiger partial charge on any atom is 0.223 e. The third-order valence-corrected chi connectivity index (χ3v) is 3.93. The third kappa shape index (κ3) is 3.42. The maximum atomic E-state index is 13.1. The van der Waals surface area contributed by atoms with Gasteiger partial charge in [0.2, 0.25) is 5.95 Å². The Labute approximate surface area is 140 Å². The molecular formula is C18H20FN5. The molecule has 0 saturated heterocycles. The van der Waals surface area contributed by atoms with E-state index in [9.17, 15) is 4.39 Å². The Bertz CT molecular complexity index is 826. The number of nitrogens with zero attached hydrogens (tertiary/aromatic N) is 4. The van der Waals surface area contributed by atoms with E-state index in [0.717, 1.165) is 28.9 Å². The van der Waals surface area contributed by atoms with E-state index in [-0.39, 0.29) is 11.9 Å². The van der Waals surface area contributed by atoms with Gasteiger partial charge in [0.15, 0.2) is 0 Å². The molecule has 5 nitrogen and oxygen atoms in total. The van der Waals surface area contributed by atoms with Gasteiger partial charge >= 0.3 is 0 Å². The minimum absolute atomic E-state index is 0.0239. The fraction of sp³-hybridized carbons (Fsp3) is 0.278. The second-order valence-corrected chi connectivity index (χ2v) is 5.72. The molecule has 0 aliphatic rings. The van der Waals surface area contributed by atoms with Gasteiger partial charge in [-0.2, -0.15) is 5.10 Å². The van der Waals surface area contributed by atoms with Crippen LogP contribution in [0.1, 0.15) is 30.6 Å². The lowest BCUT2D eigenvalue weighted by molar-refractivity contribution is 0.625. The van der Waals surface area contributed by atoms with Crippen LogP contribution in [0.5, 0.6) is 0 Å². The van der Waals surface area contributed by atoms with Crippen LogP contribution in [0, 0.1) is 12.7 Å². The summed E-state index contributed by atoms with van der Waals surface area (Å²) in [6.07, 6.45) is 4.51. The van der Waals surface area contributed by atoms with Crippen molar-refractivity contribution in [1.82, 2.24) is 19.7 Å². The summed E-state index contributed by atoms with van der Waals surface area (Å²) >= 11 is 0. The van der Waals surface area contributed by atoms with Gasteiger partial charge in [-0.15, -0.1) is 0 Å². The van der Waals surface area contributed by atoms with E-state index in [2.05, 4.69) is 27.3 Å². The quantitative estimate of drug-likeness (QED) is 0.773. The SMILES string of the molecule is CCC(Nc1nccc(-c2cn(C)nc2C)n1)c1ccc(F)cc1. The first-order chi connectivity index (χ1) is 11.6. The molecule has 3 aromatic rings. The molecule has 0 fully saturated rings. The van der Waals surface area contributed by atoms with Crippen LogP contribution in [0.15, 0.2) is 42.7 Å². The fourth-order valence-corrected chi connectivity index (χ4v) is 2.70. The van der Waals surface area contributed by atoms with Crippen molar-refractivity contribution in [1.29, 1.82) is 0 Å². The Kier molecular flexibility index (Phi) is 4.55. The van der Waals surface area contributed by atoms with Crippen LogP contribution in [0.4, 0.5) is 10.3 Å². The van der Waals surface area contributed by atoms with Crippen LogP contribution in [0.2, 0.25) is 0 Å². The topological polar surface area (TPSA) is 55.6 Å². The predicted molar refractivity (Wildman–Crippen MR) is 92.0 cm³/mol. The monoisotopic (exact) mass is 325 g/mol. The first-order valence-electron chi connectivity index (χ1n) is 7.92. The molecule has 0 bridgehead atoms. The molecule has 0 aliphatic heterocycles. The van der Waals surface area contributed by atoms with Crippen LogP contribution in [0.25, 0.3) is 11.3 Å². The normalized spacial score (nSPS) is 12.2. The lowest BCUT2D eigenvalue weighted by Gasteiger charge is -2.17. The molecule has 0 saturated carbocycles. The van der Waals surface area contributed by atoms with E-state index in [1.54, 1.807) is 23.0 Å². The van der Waals surface area contributed by atoms with E-state index in [1.165, 1.54) is 12.1 Å². The summed E-state index contributed by atoms with van der Waals surface area (Å²) in [5.41, 5.74) is 3.74. The number of anilines is 1. The van der Waals surface area contributed by atoms with Crippen molar-refractivity contribution in [2.24, 2.45) is 7.05 Å². The van der Waals surface area contributed by atoms with Gasteiger partial charge in [0.25, 0.3) is 0 Å². The molecule has 1 N–H and O–H groups in total. The summed E-state index contributed by atoms with van der Waals surface area (Å²) < 4.78 is 14.9. The van der Waals surface area contributed by atoms with Crippen LogP contribution in [0.3, 0.4) is 0 Å². The van der Waals surface area contributed by atoms with Gasteiger partial charge in [-0.1, -0.05) is 19.1 Å². The zero-order chi connectivity index (χ0) is 17.1. The summed E-state index contributed by atoms with van der Waals surface area (Å²) in [6, 6.07) is 8.40. The number of aromatic nitrogens is 4. The summed E-state index contributed by atoms with van der Waals surface area (Å²) in [7, 11) is 1.89. The number of aryl methyl sites for hydroxylation is 2. The zero-order valence-electron chi connectivity index (χ0n) is 14.0. The molecule has 6 heteroatoms. The van der Waals surface area contributed by atoms with Crippen molar-refractivity contribution < 1.29 is 4.39 Å². The van der Waals surface area contributed by atoms with Crippen LogP contribution < -0.4 is 5.32 Å². The number of hydrogen-bond acceptors (Lipinski definition) is 4. The Morgan fingerprint density at radius 3 is 2.58 bits per heavy atom. The van der Waals surface area contributed by atoms with Crippen LogP contribution >= 0.6 is 0 Å². The largest absolute Gasteiger partial charge is 0.347 e. The molecule has 1 aromatic carbocycles. The Morgan fingerprint density at radius 2 is 1.96 bits per heavy atom. The van der Waals surface area contributed by atoms with E-state index >= 15 is 0 Å². The molecule has 2 heterocycles. The van der Waals surface area contributed by atoms with Gasteiger partial charge in [0.1, 0.15) is 5.82 Å². The van der Waals surface area contributed by atoms with Crippen molar-refractivity contribution in [2.45, 2.75) is 26.3 Å². The number of benzene rings is 1. The standard InChI is InChI=1S/C18H20FN5/c1-4-16(13-5-7-14(19)8-6-13)21-18-20-10-9-17(22-18)15-11-24(3)23-12(15)2/h5-11,16H,4H2,1-3H3,(H,20,21,22). The second kappa shape index (κ2) is 6.78. The molecule has 2 aromatic heterocycles. The van der Waals surface area contributed by atoms with Crippen molar-refractivity contribution in [3.63, 3.8) is 0 Å². The highest BCUT2D eigenvalue weighted by Crippen LogP contribution is 2.24. The van der Waals surface area contributed by atoms with Gasteiger partial charge in [-0.05, 0) is 37.1 Å². The van der Waals surface area contributed by atoms with Gasteiger partial charge in [-0.3, -0.25) is 4.68 Å². The van der Waals surface area contributed by atoms with Crippen molar-refractivity contribution in [2.75, 3.05) is 5.32 Å². The molecule has 0 spiro atoms. The Balaban J connectivity index is 1.85. The van der Waals surface area contributed by atoms with Crippen molar-refractivity contribution in [3.8, 4) is 11.3 Å². The molecule has 1 unspecified atom stereocenters. The summed E-state index contributed by atoms with van der Waals surface area (Å²) in [5.74, 6) is 0.311. The number of nitrogens with one attached hydrogen (secondary N) is 1. The first kappa shape index (κ1) is 16.1. The van der Waals surface area contributed by atoms with E-state index in [0.29, 0.717) is 5.95 Å². The number of halogens is 1. The zero-order valence-corrected chi connectivity index (χ0v) is 14.0. The molecule has 0 radical (unpaired) electrons. The number of rotatable bonds is 5. The molecule has 124 valence electrons. The minimum Gasteiger partial charge on any atom is -0.347 e. The Morgan fingerprint density at radius 1 is 1.21 bits per heavy atom. The Hall–Kier alpha value is -2.76. The predicted octanol–water partition coefficient (Wildman–Crippen LogP) is 3.89. The highest BCUT2D eigenvalue weighted by molar-refractivity contribution is 5.61. The number of hydrogen-bond donors (Lipinski definition) is 1. The fourth-order valence-electron chi connectivity index (χ4n) is 2.70. The summed E-state index contributed by atoms with van der Waals surface area (Å²) in [6.45, 7) is 4.02.